The minimum absolute atomic E-state index is 0.0265. The van der Waals surface area contributed by atoms with Gasteiger partial charge in [-0.1, -0.05) is 39.7 Å². The second-order valence-electron chi connectivity index (χ2n) is 2.96. The summed E-state index contributed by atoms with van der Waals surface area (Å²) in [6, 6.07) is 5.45. The van der Waals surface area contributed by atoms with Crippen LogP contribution < -0.4 is 0 Å². The van der Waals surface area contributed by atoms with Crippen LogP contribution >= 0.6 is 39.1 Å². The number of benzene rings is 1. The molecule has 0 aliphatic carbocycles. The average molecular weight is 296 g/mol. The molecule has 1 unspecified atom stereocenters. The zero-order valence-electron chi connectivity index (χ0n) is 7.56. The Morgan fingerprint density at radius 3 is 2.71 bits per heavy atom. The van der Waals surface area contributed by atoms with Gasteiger partial charge in [-0.25, -0.2) is 0 Å². The van der Waals surface area contributed by atoms with Gasteiger partial charge >= 0.3 is 0 Å². The summed E-state index contributed by atoms with van der Waals surface area (Å²) in [5, 5.41) is 0.580. The molecule has 0 radical (unpaired) electrons. The van der Waals surface area contributed by atoms with E-state index in [0.717, 1.165) is 11.1 Å². The number of hydrogen-bond acceptors (Lipinski definition) is 1. The topological polar surface area (TPSA) is 17.1 Å². The van der Waals surface area contributed by atoms with Gasteiger partial charge in [-0.15, -0.1) is 11.6 Å². The van der Waals surface area contributed by atoms with E-state index in [4.69, 9.17) is 23.2 Å². The Kier molecular flexibility index (Phi) is 4.42. The highest BCUT2D eigenvalue weighted by Gasteiger charge is 2.16. The summed E-state index contributed by atoms with van der Waals surface area (Å²) >= 11 is 14.9. The Labute approximate surface area is 102 Å². The van der Waals surface area contributed by atoms with Crippen LogP contribution in [0.3, 0.4) is 0 Å². The lowest BCUT2D eigenvalue weighted by atomic mass is 10.1. The van der Waals surface area contributed by atoms with Gasteiger partial charge in [-0.05, 0) is 24.1 Å². The van der Waals surface area contributed by atoms with E-state index < -0.39 is 0 Å². The van der Waals surface area contributed by atoms with Crippen LogP contribution in [0.2, 0.25) is 5.02 Å². The first kappa shape index (κ1) is 12.0. The molecule has 76 valence electrons. The number of hydrogen-bond donors (Lipinski definition) is 0. The number of rotatable bonds is 3. The van der Waals surface area contributed by atoms with Crippen molar-refractivity contribution in [3.63, 3.8) is 0 Å². The number of Topliss-reactive ketones (excluding diaryl/α,β-unsaturated/α-hetero) is 1. The molecule has 0 aromatic heterocycles. The van der Waals surface area contributed by atoms with Gasteiger partial charge in [0.1, 0.15) is 5.78 Å². The van der Waals surface area contributed by atoms with Crippen LogP contribution in [0.5, 0.6) is 0 Å². The molecule has 1 nitrogen and oxygen atoms in total. The van der Waals surface area contributed by atoms with Crippen LogP contribution in [0.1, 0.15) is 22.9 Å². The predicted molar refractivity (Wildman–Crippen MR) is 63.4 cm³/mol. The Morgan fingerprint density at radius 1 is 1.57 bits per heavy atom. The fourth-order valence-electron chi connectivity index (χ4n) is 1.09. The van der Waals surface area contributed by atoms with E-state index in [1.165, 1.54) is 6.92 Å². The Hall–Kier alpha value is -0.0500. The van der Waals surface area contributed by atoms with Gasteiger partial charge < -0.3 is 0 Å². The van der Waals surface area contributed by atoms with Gasteiger partial charge in [0, 0.05) is 10.9 Å². The van der Waals surface area contributed by atoms with Gasteiger partial charge in [0.25, 0.3) is 0 Å². The molecule has 0 N–H and O–H groups in total. The van der Waals surface area contributed by atoms with Crippen molar-refractivity contribution in [2.75, 3.05) is 0 Å². The molecule has 14 heavy (non-hydrogen) atoms. The van der Waals surface area contributed by atoms with Crippen molar-refractivity contribution in [1.29, 1.82) is 0 Å². The highest BCUT2D eigenvalue weighted by atomic mass is 79.9. The van der Waals surface area contributed by atoms with Crippen molar-refractivity contribution in [2.24, 2.45) is 0 Å². The van der Waals surface area contributed by atoms with Crippen molar-refractivity contribution in [3.8, 4) is 0 Å². The molecule has 0 bridgehead atoms. The third-order valence-electron chi connectivity index (χ3n) is 1.84. The molecule has 0 saturated carbocycles. The van der Waals surface area contributed by atoms with Crippen LogP contribution in [0.25, 0.3) is 0 Å². The molecule has 0 aliphatic rings. The van der Waals surface area contributed by atoms with Crippen molar-refractivity contribution in [1.82, 2.24) is 0 Å². The summed E-state index contributed by atoms with van der Waals surface area (Å²) in [7, 11) is 0. The Balaban J connectivity index is 3.11. The quantitative estimate of drug-likeness (QED) is 0.767. The van der Waals surface area contributed by atoms with E-state index in [1.54, 1.807) is 6.07 Å². The first-order valence-corrected chi connectivity index (χ1v) is 5.88. The second kappa shape index (κ2) is 5.15. The van der Waals surface area contributed by atoms with Gasteiger partial charge in [0.15, 0.2) is 0 Å². The van der Waals surface area contributed by atoms with Crippen LogP contribution in [-0.2, 0) is 10.7 Å². The smallest absolute Gasteiger partial charge is 0.147 e. The minimum Gasteiger partial charge on any atom is -0.298 e. The summed E-state index contributed by atoms with van der Waals surface area (Å²) in [5.41, 5.74) is 1.73. The summed E-state index contributed by atoms with van der Waals surface area (Å²) in [5.74, 6) is 0.445. The van der Waals surface area contributed by atoms with E-state index in [1.807, 2.05) is 12.1 Å². The zero-order chi connectivity index (χ0) is 10.7. The maximum atomic E-state index is 11.2. The average Bonchev–Trinajstić information content (AvgIpc) is 2.17. The lowest BCUT2D eigenvalue weighted by Gasteiger charge is -2.09. The maximum Gasteiger partial charge on any atom is 0.147 e. The molecule has 1 rings (SSSR count). The SMILES string of the molecule is CC(=O)C(Br)c1cc(CCl)ccc1Cl. The van der Waals surface area contributed by atoms with Crippen molar-refractivity contribution >= 4 is 44.9 Å². The number of alkyl halides is 2. The third-order valence-corrected chi connectivity index (χ3v) is 3.64. The minimum atomic E-state index is -0.349. The fraction of sp³-hybridized carbons (Fsp3) is 0.300. The summed E-state index contributed by atoms with van der Waals surface area (Å²) in [6.45, 7) is 1.52. The van der Waals surface area contributed by atoms with Crippen LogP contribution in [0.4, 0.5) is 0 Å². The molecule has 0 saturated heterocycles. The molecule has 0 spiro atoms. The highest BCUT2D eigenvalue weighted by Crippen LogP contribution is 2.31. The van der Waals surface area contributed by atoms with Crippen molar-refractivity contribution < 1.29 is 4.79 Å². The van der Waals surface area contributed by atoms with E-state index >= 15 is 0 Å². The van der Waals surface area contributed by atoms with Gasteiger partial charge in [-0.3, -0.25) is 4.79 Å². The molecule has 4 heteroatoms. The lowest BCUT2D eigenvalue weighted by Crippen LogP contribution is -2.02. The number of carbonyl (C=O) groups is 1. The van der Waals surface area contributed by atoms with Crippen LogP contribution in [0.15, 0.2) is 18.2 Å². The first-order chi connectivity index (χ1) is 6.56. The molecule has 0 amide bonds. The molecule has 1 aromatic rings. The molecule has 0 aliphatic heterocycles. The van der Waals surface area contributed by atoms with Crippen LogP contribution in [0, 0.1) is 0 Å². The monoisotopic (exact) mass is 294 g/mol. The van der Waals surface area contributed by atoms with Crippen molar-refractivity contribution in [2.45, 2.75) is 17.6 Å². The van der Waals surface area contributed by atoms with Gasteiger partial charge in [-0.2, -0.15) is 0 Å². The molecule has 1 aromatic carbocycles. The second-order valence-corrected chi connectivity index (χ2v) is 4.55. The molecule has 1 atom stereocenters. The predicted octanol–water partition coefficient (Wildman–Crippen LogP) is 4.10. The molecule has 0 heterocycles. The normalized spacial score (nSPS) is 12.6. The Morgan fingerprint density at radius 2 is 2.21 bits per heavy atom. The molecule has 0 fully saturated rings. The van der Waals surface area contributed by atoms with E-state index in [2.05, 4.69) is 15.9 Å². The van der Waals surface area contributed by atoms with Crippen LogP contribution in [-0.4, -0.2) is 5.78 Å². The zero-order valence-corrected chi connectivity index (χ0v) is 10.7. The fourth-order valence-corrected chi connectivity index (χ4v) is 1.99. The molecular weight excluding hydrogens is 287 g/mol. The largest absolute Gasteiger partial charge is 0.298 e. The molecular formula is C10H9BrCl2O. The van der Waals surface area contributed by atoms with Crippen molar-refractivity contribution in [3.05, 3.63) is 34.3 Å². The summed E-state index contributed by atoms with van der Waals surface area (Å²) in [6.07, 6.45) is 0. The Bertz CT molecular complexity index is 352. The summed E-state index contributed by atoms with van der Waals surface area (Å²) < 4.78 is 0. The van der Waals surface area contributed by atoms with E-state index in [9.17, 15) is 4.79 Å². The standard InChI is InChI=1S/C10H9BrCl2O/c1-6(14)10(11)8-4-7(5-12)2-3-9(8)13/h2-4,10H,5H2,1H3. The maximum absolute atomic E-state index is 11.2. The first-order valence-electron chi connectivity index (χ1n) is 4.05. The third kappa shape index (κ3) is 2.72. The number of halogens is 3. The van der Waals surface area contributed by atoms with Gasteiger partial charge in [0.2, 0.25) is 0 Å². The van der Waals surface area contributed by atoms with E-state index in [-0.39, 0.29) is 10.6 Å². The number of carbonyl (C=O) groups excluding carboxylic acids is 1. The number of ketones is 1. The van der Waals surface area contributed by atoms with E-state index in [0.29, 0.717) is 10.9 Å². The summed E-state index contributed by atoms with van der Waals surface area (Å²) in [4.78, 5) is 10.8. The lowest BCUT2D eigenvalue weighted by molar-refractivity contribution is -0.116. The van der Waals surface area contributed by atoms with Gasteiger partial charge in [0.05, 0.1) is 4.83 Å². The highest BCUT2D eigenvalue weighted by molar-refractivity contribution is 9.09.